The van der Waals surface area contributed by atoms with Gasteiger partial charge in [-0.3, -0.25) is 0 Å². The molecule has 98 valence electrons. The smallest absolute Gasteiger partial charge is 0.406 e. The molecule has 0 atom stereocenters. The van der Waals surface area contributed by atoms with E-state index in [1.165, 1.54) is 19.1 Å². The minimum absolute atomic E-state index is 0.0699. The second-order valence-electron chi connectivity index (χ2n) is 4.71. The highest BCUT2D eigenvalue weighted by atomic mass is 16.5. The number of nitrogens with one attached hydrogen (secondary N) is 1. The second kappa shape index (κ2) is 5.29. The molecule has 0 aliphatic heterocycles. The van der Waals surface area contributed by atoms with Crippen LogP contribution in [0.5, 0.6) is 5.75 Å². The Labute approximate surface area is 107 Å². The third kappa shape index (κ3) is 2.42. The van der Waals surface area contributed by atoms with Gasteiger partial charge in [-0.05, 0) is 30.5 Å². The molecule has 1 aliphatic rings. The molecule has 2 rings (SSSR count). The molecule has 4 nitrogen and oxygen atoms in total. The number of carbonyl (C=O) groups is 1. The highest BCUT2D eigenvalue weighted by Gasteiger charge is 2.38. The van der Waals surface area contributed by atoms with Crippen molar-refractivity contribution < 1.29 is 14.3 Å². The molecular formula is C14H19NO3. The van der Waals surface area contributed by atoms with Crippen LogP contribution >= 0.6 is 0 Å². The number of benzene rings is 1. The summed E-state index contributed by atoms with van der Waals surface area (Å²) in [7, 11) is 3.04. The lowest BCUT2D eigenvalue weighted by Gasteiger charge is -2.42. The molecule has 1 saturated carbocycles. The van der Waals surface area contributed by atoms with E-state index in [4.69, 9.17) is 4.74 Å². The Balaban J connectivity index is 2.08. The van der Waals surface area contributed by atoms with Gasteiger partial charge < -0.3 is 14.8 Å². The van der Waals surface area contributed by atoms with Gasteiger partial charge in [0.05, 0.1) is 14.2 Å². The Morgan fingerprint density at radius 3 is 2.39 bits per heavy atom. The fourth-order valence-corrected chi connectivity index (χ4v) is 2.43. The maximum Gasteiger partial charge on any atom is 0.406 e. The van der Waals surface area contributed by atoms with E-state index < -0.39 is 0 Å². The van der Waals surface area contributed by atoms with Crippen LogP contribution in [0.15, 0.2) is 24.3 Å². The molecule has 0 unspecified atom stereocenters. The largest absolute Gasteiger partial charge is 0.497 e. The van der Waals surface area contributed by atoms with E-state index in [1.54, 1.807) is 7.11 Å². The normalized spacial score (nSPS) is 16.6. The number of methoxy groups -OCH3 is 2. The van der Waals surface area contributed by atoms with Gasteiger partial charge in [0.25, 0.3) is 0 Å². The van der Waals surface area contributed by atoms with Crippen LogP contribution in [0.4, 0.5) is 4.79 Å². The summed E-state index contributed by atoms with van der Waals surface area (Å²) < 4.78 is 9.78. The van der Waals surface area contributed by atoms with E-state index in [-0.39, 0.29) is 11.5 Å². The Bertz CT molecular complexity index is 410. The van der Waals surface area contributed by atoms with E-state index in [2.05, 4.69) is 22.2 Å². The fraction of sp³-hybridized carbons (Fsp3) is 0.500. The van der Waals surface area contributed by atoms with Crippen LogP contribution in [0.3, 0.4) is 0 Å². The van der Waals surface area contributed by atoms with Crippen molar-refractivity contribution in [3.8, 4) is 5.75 Å². The average molecular weight is 249 g/mol. The number of carbonyl (C=O) groups excluding carboxylic acids is 1. The molecular weight excluding hydrogens is 230 g/mol. The van der Waals surface area contributed by atoms with Crippen molar-refractivity contribution in [2.24, 2.45) is 0 Å². The van der Waals surface area contributed by atoms with Crippen molar-refractivity contribution in [1.29, 1.82) is 0 Å². The molecule has 0 heterocycles. The Kier molecular flexibility index (Phi) is 3.75. The molecule has 1 N–H and O–H groups in total. The molecule has 0 radical (unpaired) electrons. The zero-order valence-corrected chi connectivity index (χ0v) is 10.9. The Morgan fingerprint density at radius 2 is 1.94 bits per heavy atom. The highest BCUT2D eigenvalue weighted by molar-refractivity contribution is 5.67. The van der Waals surface area contributed by atoms with Crippen molar-refractivity contribution >= 4 is 6.09 Å². The molecule has 1 fully saturated rings. The first kappa shape index (κ1) is 12.7. The summed E-state index contributed by atoms with van der Waals surface area (Å²) in [5.41, 5.74) is 1.33. The number of ether oxygens (including phenoxy) is 2. The van der Waals surface area contributed by atoms with Gasteiger partial charge in [0.15, 0.2) is 0 Å². The highest BCUT2D eigenvalue weighted by Crippen LogP contribution is 2.43. The monoisotopic (exact) mass is 249 g/mol. The summed E-state index contributed by atoms with van der Waals surface area (Å²) in [5, 5.41) is 2.81. The van der Waals surface area contributed by atoms with E-state index in [0.717, 1.165) is 18.6 Å². The Morgan fingerprint density at radius 1 is 1.28 bits per heavy atom. The maximum atomic E-state index is 11.2. The lowest BCUT2D eigenvalue weighted by atomic mass is 9.64. The first-order valence-corrected chi connectivity index (χ1v) is 6.16. The van der Waals surface area contributed by atoms with Crippen LogP contribution in [0, 0.1) is 0 Å². The van der Waals surface area contributed by atoms with Gasteiger partial charge in [-0.25, -0.2) is 4.79 Å². The predicted octanol–water partition coefficient (Wildman–Crippen LogP) is 2.47. The minimum Gasteiger partial charge on any atom is -0.497 e. The lowest BCUT2D eigenvalue weighted by molar-refractivity contribution is 0.159. The molecule has 18 heavy (non-hydrogen) atoms. The van der Waals surface area contributed by atoms with E-state index in [9.17, 15) is 4.79 Å². The van der Waals surface area contributed by atoms with Gasteiger partial charge >= 0.3 is 6.09 Å². The van der Waals surface area contributed by atoms with E-state index in [0.29, 0.717) is 6.54 Å². The maximum absolute atomic E-state index is 11.2. The first-order valence-electron chi connectivity index (χ1n) is 6.16. The van der Waals surface area contributed by atoms with Crippen molar-refractivity contribution in [1.82, 2.24) is 5.32 Å². The number of alkyl carbamates (subject to hydrolysis) is 1. The summed E-state index contributed by atoms with van der Waals surface area (Å²) in [4.78, 5) is 11.2. The summed E-state index contributed by atoms with van der Waals surface area (Å²) in [6.45, 7) is 0.631. The van der Waals surface area contributed by atoms with Gasteiger partial charge in [0.1, 0.15) is 5.75 Å². The minimum atomic E-state index is -0.366. The van der Waals surface area contributed by atoms with Crippen molar-refractivity contribution in [3.63, 3.8) is 0 Å². The number of hydrogen-bond acceptors (Lipinski definition) is 3. The predicted molar refractivity (Wildman–Crippen MR) is 68.9 cm³/mol. The molecule has 1 aliphatic carbocycles. The molecule has 1 aromatic rings. The molecule has 0 saturated heterocycles. The zero-order chi connectivity index (χ0) is 13.0. The summed E-state index contributed by atoms with van der Waals surface area (Å²) in [5.74, 6) is 0.856. The van der Waals surface area contributed by atoms with Crippen molar-refractivity contribution in [2.45, 2.75) is 24.7 Å². The SMILES string of the molecule is COC(=O)NCC1(c2ccc(OC)cc2)CCC1. The molecule has 0 aromatic heterocycles. The Hall–Kier alpha value is -1.71. The number of amides is 1. The average Bonchev–Trinajstić information content (AvgIpc) is 2.38. The van der Waals surface area contributed by atoms with Crippen LogP contribution < -0.4 is 10.1 Å². The standard InChI is InChI=1S/C14H19NO3/c1-17-12-6-4-11(5-7-12)14(8-3-9-14)10-15-13(16)18-2/h4-7H,3,8-10H2,1-2H3,(H,15,16). The van der Waals surface area contributed by atoms with Gasteiger partial charge in [-0.2, -0.15) is 0 Å². The van der Waals surface area contributed by atoms with Gasteiger partial charge in [-0.15, -0.1) is 0 Å². The first-order chi connectivity index (χ1) is 8.70. The number of hydrogen-bond donors (Lipinski definition) is 1. The molecule has 0 spiro atoms. The van der Waals surface area contributed by atoms with Gasteiger partial charge in [0.2, 0.25) is 0 Å². The van der Waals surface area contributed by atoms with E-state index >= 15 is 0 Å². The summed E-state index contributed by atoms with van der Waals surface area (Å²) >= 11 is 0. The topological polar surface area (TPSA) is 47.6 Å². The molecule has 4 heteroatoms. The zero-order valence-electron chi connectivity index (χ0n) is 10.9. The van der Waals surface area contributed by atoms with Crippen molar-refractivity contribution in [2.75, 3.05) is 20.8 Å². The third-order valence-electron chi connectivity index (χ3n) is 3.77. The fourth-order valence-electron chi connectivity index (χ4n) is 2.43. The quantitative estimate of drug-likeness (QED) is 0.891. The summed E-state index contributed by atoms with van der Waals surface area (Å²) in [6, 6.07) is 8.09. The number of rotatable bonds is 4. The molecule has 1 amide bonds. The van der Waals surface area contributed by atoms with Crippen LogP contribution in [-0.4, -0.2) is 26.9 Å². The van der Waals surface area contributed by atoms with Crippen molar-refractivity contribution in [3.05, 3.63) is 29.8 Å². The second-order valence-corrected chi connectivity index (χ2v) is 4.71. The van der Waals surface area contributed by atoms with Gasteiger partial charge in [-0.1, -0.05) is 18.6 Å². The lowest BCUT2D eigenvalue weighted by Crippen LogP contribution is -2.45. The van der Waals surface area contributed by atoms with Crippen LogP contribution in [0.2, 0.25) is 0 Å². The molecule has 1 aromatic carbocycles. The van der Waals surface area contributed by atoms with E-state index in [1.807, 2.05) is 12.1 Å². The van der Waals surface area contributed by atoms with Crippen LogP contribution in [0.1, 0.15) is 24.8 Å². The van der Waals surface area contributed by atoms with Crippen LogP contribution in [-0.2, 0) is 10.2 Å². The molecule has 0 bridgehead atoms. The van der Waals surface area contributed by atoms with Gasteiger partial charge in [0, 0.05) is 12.0 Å². The summed E-state index contributed by atoms with van der Waals surface area (Å²) in [6.07, 6.45) is 3.04. The van der Waals surface area contributed by atoms with Crippen LogP contribution in [0.25, 0.3) is 0 Å². The third-order valence-corrected chi connectivity index (χ3v) is 3.77.